The average Bonchev–Trinajstić information content (AvgIpc) is 3.33. The second kappa shape index (κ2) is 15.3. The van der Waals surface area contributed by atoms with E-state index < -0.39 is 7.12 Å². The molecule has 5 rings (SSSR count). The van der Waals surface area contributed by atoms with Crippen molar-refractivity contribution in [3.8, 4) is 0 Å². The number of aliphatic imine (C=N–C) groups is 1. The van der Waals surface area contributed by atoms with Crippen molar-refractivity contribution in [2.45, 2.75) is 132 Å². The second-order valence-corrected chi connectivity index (χ2v) is 14.1. The van der Waals surface area contributed by atoms with E-state index in [9.17, 15) is 19.6 Å². The molecule has 0 bridgehead atoms. The van der Waals surface area contributed by atoms with Crippen LogP contribution in [0.4, 0.5) is 0 Å². The van der Waals surface area contributed by atoms with Crippen molar-refractivity contribution in [1.82, 2.24) is 26.4 Å². The van der Waals surface area contributed by atoms with Crippen LogP contribution in [0, 0.1) is 17.8 Å². The number of methoxy groups -OCH3 is 1. The highest BCUT2D eigenvalue weighted by atomic mass is 35.5. The van der Waals surface area contributed by atoms with E-state index in [1.54, 1.807) is 0 Å². The zero-order valence-corrected chi connectivity index (χ0v) is 26.6. The summed E-state index contributed by atoms with van der Waals surface area (Å²) in [7, 11) is 0.450. The first-order valence-electron chi connectivity index (χ1n) is 16.7. The number of fused-ring (bicyclic) bond motifs is 3. The van der Waals surface area contributed by atoms with Crippen LogP contribution >= 0.6 is 11.6 Å². The van der Waals surface area contributed by atoms with Gasteiger partial charge >= 0.3 is 7.12 Å². The molecule has 2 amide bonds. The standard InChI is InChI=1S/C30H52BClN6O5/c1-18-36-37-29-25(17-27(39)33-13-4-14-34-30(40)20-5-3-6-21(15-20)31(41)42)35-28(19-7-9-22(32)10-8-19)24-16-23(43-2)11-12-26(24)38(18)29/h18-26,29,36-37,41-42H,3-17H2,1-2H3,(H,33,39)(H,34,40)/t18?,19?,20?,21?,22?,23?,24?,25-,26?,29?/m0/s1. The molecular formula is C30H52BClN6O5. The molecule has 1 saturated heterocycles. The Morgan fingerprint density at radius 3 is 2.56 bits per heavy atom. The Bertz CT molecular complexity index is 985. The van der Waals surface area contributed by atoms with Crippen LogP contribution in [-0.4, -0.2) is 95.7 Å². The second-order valence-electron chi connectivity index (χ2n) is 13.5. The van der Waals surface area contributed by atoms with Crippen LogP contribution < -0.4 is 21.5 Å². The minimum absolute atomic E-state index is 0.0307. The van der Waals surface area contributed by atoms with Crippen LogP contribution in [-0.2, 0) is 14.3 Å². The monoisotopic (exact) mass is 622 g/mol. The van der Waals surface area contributed by atoms with Crippen LogP contribution in [0.25, 0.3) is 0 Å². The number of hydrogen-bond donors (Lipinski definition) is 6. The summed E-state index contributed by atoms with van der Waals surface area (Å²) in [6.07, 6.45) is 11.2. The van der Waals surface area contributed by atoms with Gasteiger partial charge in [0.15, 0.2) is 0 Å². The predicted octanol–water partition coefficient (Wildman–Crippen LogP) is 1.92. The van der Waals surface area contributed by atoms with E-state index in [0.29, 0.717) is 50.2 Å². The summed E-state index contributed by atoms with van der Waals surface area (Å²) >= 11 is 6.49. The molecule has 0 aromatic heterocycles. The Labute approximate surface area is 261 Å². The van der Waals surface area contributed by atoms with Gasteiger partial charge in [0.05, 0.1) is 30.9 Å². The normalized spacial score (nSPS) is 38.3. The van der Waals surface area contributed by atoms with Crippen LogP contribution in [0.3, 0.4) is 0 Å². The van der Waals surface area contributed by atoms with Crippen molar-refractivity contribution in [1.29, 1.82) is 0 Å². The van der Waals surface area contributed by atoms with Crippen molar-refractivity contribution in [3.05, 3.63) is 0 Å². The Kier molecular flexibility index (Phi) is 11.8. The third-order valence-electron chi connectivity index (χ3n) is 10.7. The van der Waals surface area contributed by atoms with Crippen molar-refractivity contribution in [2.75, 3.05) is 20.2 Å². The number of halogens is 1. The molecular weight excluding hydrogens is 571 g/mol. The van der Waals surface area contributed by atoms with E-state index in [2.05, 4.69) is 33.3 Å². The summed E-state index contributed by atoms with van der Waals surface area (Å²) in [5.74, 6) is 0.218. The van der Waals surface area contributed by atoms with E-state index in [1.807, 2.05) is 7.11 Å². The molecule has 242 valence electrons. The summed E-state index contributed by atoms with van der Waals surface area (Å²) in [5, 5.41) is 25.3. The number of nitrogens with one attached hydrogen (secondary N) is 4. The van der Waals surface area contributed by atoms with Gasteiger partial charge in [-0.15, -0.1) is 11.6 Å². The van der Waals surface area contributed by atoms with Crippen LogP contribution in [0.1, 0.15) is 90.4 Å². The topological polar surface area (TPSA) is 148 Å². The molecule has 8 atom stereocenters. The minimum Gasteiger partial charge on any atom is -0.427 e. The van der Waals surface area contributed by atoms with Gasteiger partial charge in [-0.05, 0) is 82.9 Å². The Morgan fingerprint density at radius 2 is 1.81 bits per heavy atom. The molecule has 11 nitrogen and oxygen atoms in total. The van der Waals surface area contributed by atoms with E-state index in [4.69, 9.17) is 21.3 Å². The molecule has 6 N–H and O–H groups in total. The molecule has 7 unspecified atom stereocenters. The SMILES string of the molecule is COC1CCC2C(C1)C(C1CCC(Cl)CC1)=N[C@@H](CC(=O)NCCCNC(=O)C1CCCC(B(O)O)C1)C1NNC(C)N21. The number of rotatable bonds is 10. The van der Waals surface area contributed by atoms with Gasteiger partial charge in [-0.1, -0.05) is 12.8 Å². The van der Waals surface area contributed by atoms with Gasteiger partial charge < -0.3 is 25.4 Å². The smallest absolute Gasteiger partial charge is 0.427 e. The van der Waals surface area contributed by atoms with Gasteiger partial charge in [0.2, 0.25) is 11.8 Å². The fraction of sp³-hybridized carbons (Fsp3) is 0.900. The van der Waals surface area contributed by atoms with Crippen LogP contribution in [0.5, 0.6) is 0 Å². The van der Waals surface area contributed by atoms with Gasteiger partial charge in [-0.3, -0.25) is 19.5 Å². The third kappa shape index (κ3) is 8.12. The Balaban J connectivity index is 1.19. The van der Waals surface area contributed by atoms with Crippen LogP contribution in [0.2, 0.25) is 5.82 Å². The highest BCUT2D eigenvalue weighted by Gasteiger charge is 2.50. The van der Waals surface area contributed by atoms with Gasteiger partial charge in [-0.2, -0.15) is 0 Å². The fourth-order valence-corrected chi connectivity index (χ4v) is 8.58. The molecule has 0 spiro atoms. The Morgan fingerprint density at radius 1 is 1.05 bits per heavy atom. The third-order valence-corrected chi connectivity index (χ3v) is 11.1. The number of ether oxygens (including phenoxy) is 1. The maximum atomic E-state index is 13.3. The first-order chi connectivity index (χ1) is 20.7. The lowest BCUT2D eigenvalue weighted by Crippen LogP contribution is -2.55. The molecule has 5 aliphatic rings. The number of alkyl halides is 1. The molecule has 3 aliphatic carbocycles. The summed E-state index contributed by atoms with van der Waals surface area (Å²) in [5.41, 5.74) is 8.17. The first-order valence-corrected chi connectivity index (χ1v) is 17.1. The maximum Gasteiger partial charge on any atom is 0.454 e. The van der Waals surface area contributed by atoms with E-state index in [0.717, 1.165) is 64.2 Å². The molecule has 2 heterocycles. The van der Waals surface area contributed by atoms with Gasteiger partial charge in [0.1, 0.15) is 0 Å². The highest BCUT2D eigenvalue weighted by Crippen LogP contribution is 2.42. The molecule has 4 fully saturated rings. The van der Waals surface area contributed by atoms with Gasteiger partial charge in [-0.25, -0.2) is 10.9 Å². The zero-order valence-electron chi connectivity index (χ0n) is 25.8. The number of carbonyl (C=O) groups excluding carboxylic acids is 2. The molecule has 2 aliphatic heterocycles. The fourth-order valence-electron chi connectivity index (χ4n) is 8.33. The minimum atomic E-state index is -1.36. The number of hydrazine groups is 1. The summed E-state index contributed by atoms with van der Waals surface area (Å²) in [6.45, 7) is 3.13. The number of amides is 2. The van der Waals surface area contributed by atoms with Crippen molar-refractivity contribution < 1.29 is 24.4 Å². The molecule has 13 heteroatoms. The van der Waals surface area contributed by atoms with Gasteiger partial charge in [0, 0.05) is 49.2 Å². The lowest BCUT2D eigenvalue weighted by Gasteiger charge is -2.44. The highest BCUT2D eigenvalue weighted by molar-refractivity contribution is 6.43. The molecule has 43 heavy (non-hydrogen) atoms. The van der Waals surface area contributed by atoms with E-state index in [1.165, 1.54) is 5.71 Å². The van der Waals surface area contributed by atoms with Crippen molar-refractivity contribution >= 4 is 36.2 Å². The first kappa shape index (κ1) is 33.1. The maximum absolute atomic E-state index is 13.3. The largest absolute Gasteiger partial charge is 0.454 e. The number of hydrogen-bond acceptors (Lipinski definition) is 9. The van der Waals surface area contributed by atoms with Crippen molar-refractivity contribution in [3.63, 3.8) is 0 Å². The molecule has 3 saturated carbocycles. The predicted molar refractivity (Wildman–Crippen MR) is 167 cm³/mol. The van der Waals surface area contributed by atoms with Crippen LogP contribution in [0.15, 0.2) is 4.99 Å². The zero-order chi connectivity index (χ0) is 30.5. The molecule has 0 radical (unpaired) electrons. The molecule has 0 aromatic rings. The lowest BCUT2D eigenvalue weighted by atomic mass is 9.62. The van der Waals surface area contributed by atoms with Crippen molar-refractivity contribution in [2.24, 2.45) is 22.7 Å². The average molecular weight is 623 g/mol. The van der Waals surface area contributed by atoms with E-state index in [-0.39, 0.29) is 53.4 Å². The van der Waals surface area contributed by atoms with Gasteiger partial charge in [0.25, 0.3) is 0 Å². The molecule has 0 aromatic carbocycles. The summed E-state index contributed by atoms with van der Waals surface area (Å²) in [4.78, 5) is 33.8. The number of carbonyl (C=O) groups is 2. The quantitative estimate of drug-likeness (QED) is 0.123. The Hall–Kier alpha value is -1.28. The lowest BCUT2D eigenvalue weighted by molar-refractivity contribution is -0.125. The van der Waals surface area contributed by atoms with E-state index >= 15 is 0 Å². The number of nitrogens with zero attached hydrogens (tertiary/aromatic N) is 2. The summed E-state index contributed by atoms with van der Waals surface area (Å²) < 4.78 is 5.85. The summed E-state index contributed by atoms with van der Waals surface area (Å²) in [6, 6.07) is 0.131.